The van der Waals surface area contributed by atoms with E-state index in [1.54, 1.807) is 0 Å². The summed E-state index contributed by atoms with van der Waals surface area (Å²) in [5, 5.41) is 6.79. The molecule has 0 radical (unpaired) electrons. The molecule has 0 aliphatic carbocycles. The molecule has 1 unspecified atom stereocenters. The van der Waals surface area contributed by atoms with Crippen LogP contribution in [0.15, 0.2) is 0 Å². The number of rotatable bonds is 2. The summed E-state index contributed by atoms with van der Waals surface area (Å²) in [5.41, 5.74) is 0. The number of likely N-dealkylation sites (tertiary alicyclic amines) is 1. The Bertz CT molecular complexity index is 385. The van der Waals surface area contributed by atoms with E-state index in [0.717, 1.165) is 25.3 Å². The van der Waals surface area contributed by atoms with Crippen LogP contribution in [-0.2, 0) is 0 Å². The molecule has 1 atom stereocenters. The highest BCUT2D eigenvalue weighted by molar-refractivity contribution is 5.90. The van der Waals surface area contributed by atoms with Crippen molar-refractivity contribution < 1.29 is 4.79 Å². The summed E-state index contributed by atoms with van der Waals surface area (Å²) in [4.78, 5) is 18.1. The zero-order valence-corrected chi connectivity index (χ0v) is 10.0. The van der Waals surface area contributed by atoms with E-state index in [-0.39, 0.29) is 11.8 Å². The lowest BCUT2D eigenvalue weighted by atomic mass is 10.2. The summed E-state index contributed by atoms with van der Waals surface area (Å²) in [5.74, 6) is 1.89. The van der Waals surface area contributed by atoms with Gasteiger partial charge in [-0.1, -0.05) is 20.8 Å². The molecular formula is C11H18N4O. The average Bonchev–Trinajstić information content (AvgIpc) is 2.84. The van der Waals surface area contributed by atoms with Gasteiger partial charge >= 0.3 is 0 Å². The summed E-state index contributed by atoms with van der Waals surface area (Å²) in [6, 6.07) is 0. The highest BCUT2D eigenvalue weighted by Gasteiger charge is 2.26. The molecular weight excluding hydrogens is 204 g/mol. The fourth-order valence-corrected chi connectivity index (χ4v) is 1.89. The van der Waals surface area contributed by atoms with Crippen molar-refractivity contribution in [2.75, 3.05) is 13.1 Å². The van der Waals surface area contributed by atoms with E-state index >= 15 is 0 Å². The largest absolute Gasteiger partial charge is 0.336 e. The lowest BCUT2D eigenvalue weighted by molar-refractivity contribution is 0.0776. The van der Waals surface area contributed by atoms with E-state index in [1.165, 1.54) is 0 Å². The molecule has 0 saturated carbocycles. The third-order valence-electron chi connectivity index (χ3n) is 2.95. The predicted molar refractivity (Wildman–Crippen MR) is 60.2 cm³/mol. The number of H-pyrrole nitrogens is 1. The van der Waals surface area contributed by atoms with Crippen molar-refractivity contribution in [2.45, 2.75) is 33.1 Å². The van der Waals surface area contributed by atoms with Crippen LogP contribution in [0.4, 0.5) is 0 Å². The maximum atomic E-state index is 12.0. The van der Waals surface area contributed by atoms with Crippen LogP contribution < -0.4 is 0 Å². The van der Waals surface area contributed by atoms with E-state index in [1.807, 2.05) is 18.7 Å². The normalized spacial score (nSPS) is 20.8. The molecule has 5 heteroatoms. The van der Waals surface area contributed by atoms with E-state index in [0.29, 0.717) is 11.7 Å². The van der Waals surface area contributed by atoms with Crippen molar-refractivity contribution in [3.8, 4) is 0 Å². The van der Waals surface area contributed by atoms with Crippen molar-refractivity contribution in [3.63, 3.8) is 0 Å². The number of aromatic nitrogens is 3. The first-order valence-corrected chi connectivity index (χ1v) is 5.79. The van der Waals surface area contributed by atoms with Crippen LogP contribution in [-0.4, -0.2) is 39.1 Å². The Morgan fingerprint density at radius 1 is 1.56 bits per heavy atom. The van der Waals surface area contributed by atoms with Crippen LogP contribution in [0.1, 0.15) is 49.6 Å². The molecule has 1 aromatic heterocycles. The van der Waals surface area contributed by atoms with Crippen molar-refractivity contribution in [3.05, 3.63) is 11.6 Å². The summed E-state index contributed by atoms with van der Waals surface area (Å²) in [6.07, 6.45) is 1.08. The van der Waals surface area contributed by atoms with Gasteiger partial charge in [-0.2, -0.15) is 0 Å². The quantitative estimate of drug-likeness (QED) is 0.823. The molecule has 1 amide bonds. The lowest BCUT2D eigenvalue weighted by Gasteiger charge is -2.12. The SMILES string of the molecule is CC1CCN(C(=O)c2n[nH]c(C(C)C)n2)C1. The number of hydrogen-bond donors (Lipinski definition) is 1. The van der Waals surface area contributed by atoms with Gasteiger partial charge in [-0.15, -0.1) is 5.10 Å². The smallest absolute Gasteiger partial charge is 0.293 e. The summed E-state index contributed by atoms with van der Waals surface area (Å²) in [6.45, 7) is 7.85. The second kappa shape index (κ2) is 4.23. The van der Waals surface area contributed by atoms with E-state index in [4.69, 9.17) is 0 Å². The minimum absolute atomic E-state index is 0.0486. The average molecular weight is 222 g/mol. The van der Waals surface area contributed by atoms with Crippen molar-refractivity contribution >= 4 is 5.91 Å². The minimum atomic E-state index is -0.0486. The first-order chi connectivity index (χ1) is 7.58. The maximum Gasteiger partial charge on any atom is 0.293 e. The molecule has 1 aromatic rings. The first-order valence-electron chi connectivity index (χ1n) is 5.79. The van der Waals surface area contributed by atoms with E-state index < -0.39 is 0 Å². The van der Waals surface area contributed by atoms with Gasteiger partial charge in [0, 0.05) is 19.0 Å². The molecule has 2 rings (SSSR count). The van der Waals surface area contributed by atoms with Crippen LogP contribution in [0.3, 0.4) is 0 Å². The fraction of sp³-hybridized carbons (Fsp3) is 0.727. The van der Waals surface area contributed by atoms with E-state index in [9.17, 15) is 4.79 Å². The Balaban J connectivity index is 2.09. The van der Waals surface area contributed by atoms with Crippen LogP contribution in [0.5, 0.6) is 0 Å². The molecule has 16 heavy (non-hydrogen) atoms. The Morgan fingerprint density at radius 2 is 2.31 bits per heavy atom. The molecule has 1 aliphatic heterocycles. The number of amides is 1. The number of carbonyl (C=O) groups is 1. The summed E-state index contributed by atoms with van der Waals surface area (Å²) in [7, 11) is 0. The molecule has 0 aromatic carbocycles. The third kappa shape index (κ3) is 2.08. The molecule has 1 aliphatic rings. The van der Waals surface area contributed by atoms with Crippen molar-refractivity contribution in [1.29, 1.82) is 0 Å². The number of carbonyl (C=O) groups excluding carboxylic acids is 1. The number of hydrogen-bond acceptors (Lipinski definition) is 3. The maximum absolute atomic E-state index is 12.0. The van der Waals surface area contributed by atoms with Crippen LogP contribution in [0.2, 0.25) is 0 Å². The molecule has 5 nitrogen and oxygen atoms in total. The van der Waals surface area contributed by atoms with Gasteiger partial charge in [0.1, 0.15) is 5.82 Å². The Hall–Kier alpha value is -1.39. The predicted octanol–water partition coefficient (Wildman–Crippen LogP) is 1.41. The van der Waals surface area contributed by atoms with Crippen molar-refractivity contribution in [2.24, 2.45) is 5.92 Å². The zero-order chi connectivity index (χ0) is 11.7. The topological polar surface area (TPSA) is 61.9 Å². The lowest BCUT2D eigenvalue weighted by Crippen LogP contribution is -2.29. The molecule has 1 fully saturated rings. The highest BCUT2D eigenvalue weighted by Crippen LogP contribution is 2.17. The van der Waals surface area contributed by atoms with Crippen LogP contribution in [0.25, 0.3) is 0 Å². The number of nitrogens with zero attached hydrogens (tertiary/aromatic N) is 3. The molecule has 88 valence electrons. The van der Waals surface area contributed by atoms with Crippen molar-refractivity contribution in [1.82, 2.24) is 20.1 Å². The Kier molecular flexibility index (Phi) is 2.94. The first kappa shape index (κ1) is 11.1. The fourth-order valence-electron chi connectivity index (χ4n) is 1.89. The van der Waals surface area contributed by atoms with Gasteiger partial charge < -0.3 is 4.90 Å². The molecule has 2 heterocycles. The molecule has 0 spiro atoms. The highest BCUT2D eigenvalue weighted by atomic mass is 16.2. The number of aromatic amines is 1. The third-order valence-corrected chi connectivity index (χ3v) is 2.95. The van der Waals surface area contributed by atoms with Gasteiger partial charge in [0.25, 0.3) is 5.91 Å². The summed E-state index contributed by atoms with van der Waals surface area (Å²) >= 11 is 0. The van der Waals surface area contributed by atoms with E-state index in [2.05, 4.69) is 22.1 Å². The second-order valence-electron chi connectivity index (χ2n) is 4.84. The number of nitrogens with one attached hydrogen (secondary N) is 1. The Morgan fingerprint density at radius 3 is 2.81 bits per heavy atom. The minimum Gasteiger partial charge on any atom is -0.336 e. The van der Waals surface area contributed by atoms with Gasteiger partial charge in [0.2, 0.25) is 5.82 Å². The van der Waals surface area contributed by atoms with Gasteiger partial charge in [0.05, 0.1) is 0 Å². The monoisotopic (exact) mass is 222 g/mol. The van der Waals surface area contributed by atoms with Gasteiger partial charge in [-0.3, -0.25) is 9.89 Å². The van der Waals surface area contributed by atoms with Crippen LogP contribution in [0, 0.1) is 5.92 Å². The molecule has 0 bridgehead atoms. The van der Waals surface area contributed by atoms with Crippen LogP contribution >= 0.6 is 0 Å². The molecule has 1 saturated heterocycles. The second-order valence-corrected chi connectivity index (χ2v) is 4.84. The molecule has 1 N–H and O–H groups in total. The summed E-state index contributed by atoms with van der Waals surface area (Å²) < 4.78 is 0. The zero-order valence-electron chi connectivity index (χ0n) is 10.0. The van der Waals surface area contributed by atoms with Gasteiger partial charge in [0.15, 0.2) is 0 Å². The van der Waals surface area contributed by atoms with Gasteiger partial charge in [-0.25, -0.2) is 4.98 Å². The standard InChI is InChI=1S/C11H18N4O/c1-7(2)9-12-10(14-13-9)11(16)15-5-4-8(3)6-15/h7-8H,4-6H2,1-3H3,(H,12,13,14). The Labute approximate surface area is 95.2 Å². The van der Waals surface area contributed by atoms with Gasteiger partial charge in [-0.05, 0) is 12.3 Å².